The zero-order chi connectivity index (χ0) is 10.8. The number of carbonyl (C=O) groups excluding carboxylic acids is 1. The van der Waals surface area contributed by atoms with Crippen LogP contribution >= 0.6 is 0 Å². The molecule has 0 N–H and O–H groups in total. The van der Waals surface area contributed by atoms with Crippen LogP contribution in [-0.4, -0.2) is 25.3 Å². The maximum atomic E-state index is 11.7. The molecule has 0 aromatic carbocycles. The van der Waals surface area contributed by atoms with Crippen molar-refractivity contribution in [2.24, 2.45) is 14.1 Å². The zero-order valence-electron chi connectivity index (χ0n) is 8.71. The summed E-state index contributed by atoms with van der Waals surface area (Å²) in [5, 5.41) is 8.19. The summed E-state index contributed by atoms with van der Waals surface area (Å²) in [6.45, 7) is 0. The van der Waals surface area contributed by atoms with Crippen molar-refractivity contribution < 1.29 is 4.79 Å². The summed E-state index contributed by atoms with van der Waals surface area (Å²) in [5.74, 6) is -0.00528. The highest BCUT2D eigenvalue weighted by Crippen LogP contribution is 2.03. The summed E-state index contributed by atoms with van der Waals surface area (Å²) < 4.78 is 3.30. The Hall–Kier alpha value is -1.91. The van der Waals surface area contributed by atoms with Gasteiger partial charge in [-0.05, 0) is 12.1 Å². The maximum Gasteiger partial charge on any atom is 0.189 e. The molecule has 0 aliphatic rings. The van der Waals surface area contributed by atoms with Gasteiger partial charge in [-0.3, -0.25) is 14.2 Å². The van der Waals surface area contributed by atoms with Crippen molar-refractivity contribution in [1.29, 1.82) is 0 Å². The van der Waals surface area contributed by atoms with Gasteiger partial charge in [-0.15, -0.1) is 0 Å². The van der Waals surface area contributed by atoms with Crippen molar-refractivity contribution in [3.05, 3.63) is 35.9 Å². The first-order chi connectivity index (χ1) is 7.15. The van der Waals surface area contributed by atoms with Crippen molar-refractivity contribution >= 4 is 5.78 Å². The van der Waals surface area contributed by atoms with Crippen LogP contribution in [0, 0.1) is 0 Å². The van der Waals surface area contributed by atoms with Crippen LogP contribution in [0.5, 0.6) is 0 Å². The molecule has 0 radical (unpaired) electrons. The fourth-order valence-corrected chi connectivity index (χ4v) is 1.38. The Morgan fingerprint density at radius 2 is 1.87 bits per heavy atom. The number of aromatic nitrogens is 4. The molecule has 0 aliphatic carbocycles. The van der Waals surface area contributed by atoms with E-state index in [1.807, 2.05) is 19.3 Å². The molecule has 0 aliphatic heterocycles. The van der Waals surface area contributed by atoms with E-state index in [4.69, 9.17) is 0 Å². The van der Waals surface area contributed by atoms with Gasteiger partial charge in [0.15, 0.2) is 5.78 Å². The molecule has 0 atom stereocenters. The van der Waals surface area contributed by atoms with Crippen LogP contribution in [-0.2, 0) is 20.5 Å². The molecule has 15 heavy (non-hydrogen) atoms. The Bertz CT molecular complexity index is 483. The molecular weight excluding hydrogens is 192 g/mol. The van der Waals surface area contributed by atoms with Crippen LogP contribution in [0.4, 0.5) is 0 Å². The molecule has 5 heteroatoms. The second kappa shape index (κ2) is 3.68. The Morgan fingerprint density at radius 3 is 2.40 bits per heavy atom. The highest BCUT2D eigenvalue weighted by Gasteiger charge is 2.11. The molecule has 0 spiro atoms. The third kappa shape index (κ3) is 2.12. The minimum Gasteiger partial charge on any atom is -0.292 e. The average molecular weight is 204 g/mol. The Labute approximate surface area is 87.3 Å². The number of carbonyl (C=O) groups is 1. The van der Waals surface area contributed by atoms with Gasteiger partial charge in [0.25, 0.3) is 0 Å². The second-order valence-corrected chi connectivity index (χ2v) is 3.46. The first-order valence-electron chi connectivity index (χ1n) is 4.66. The maximum absolute atomic E-state index is 11.7. The molecule has 0 saturated heterocycles. The molecule has 2 aromatic heterocycles. The molecule has 5 nitrogen and oxygen atoms in total. The van der Waals surface area contributed by atoms with Gasteiger partial charge >= 0.3 is 0 Å². The van der Waals surface area contributed by atoms with Crippen LogP contribution in [0.1, 0.15) is 16.2 Å². The van der Waals surface area contributed by atoms with Crippen LogP contribution in [0.2, 0.25) is 0 Å². The molecule has 0 unspecified atom stereocenters. The number of rotatable bonds is 3. The quantitative estimate of drug-likeness (QED) is 0.687. The standard InChI is InChI=1S/C10H12N4O/c1-13-5-3-8(11-13)7-10(15)9-4-6-14(2)12-9/h3-6H,7H2,1-2H3. The predicted octanol–water partition coefficient (Wildman–Crippen LogP) is 0.579. The third-order valence-corrected chi connectivity index (χ3v) is 2.11. The molecular formula is C10H12N4O. The minimum absolute atomic E-state index is 0.00528. The topological polar surface area (TPSA) is 52.7 Å². The lowest BCUT2D eigenvalue weighted by Gasteiger charge is -1.93. The number of ketones is 1. The Morgan fingerprint density at radius 1 is 1.20 bits per heavy atom. The van der Waals surface area contributed by atoms with E-state index in [2.05, 4.69) is 10.2 Å². The second-order valence-electron chi connectivity index (χ2n) is 3.46. The predicted molar refractivity (Wildman–Crippen MR) is 54.5 cm³/mol. The molecule has 0 saturated carbocycles. The highest BCUT2D eigenvalue weighted by atomic mass is 16.1. The van der Waals surface area contributed by atoms with Crippen LogP contribution < -0.4 is 0 Å². The Kier molecular flexibility index (Phi) is 2.37. The van der Waals surface area contributed by atoms with Crippen molar-refractivity contribution in [1.82, 2.24) is 19.6 Å². The number of hydrogen-bond acceptors (Lipinski definition) is 3. The number of aryl methyl sites for hydroxylation is 2. The van der Waals surface area contributed by atoms with E-state index >= 15 is 0 Å². The average Bonchev–Trinajstić information content (AvgIpc) is 2.75. The number of nitrogens with zero attached hydrogens (tertiary/aromatic N) is 4. The van der Waals surface area contributed by atoms with Crippen LogP contribution in [0.25, 0.3) is 0 Å². The van der Waals surface area contributed by atoms with Gasteiger partial charge in [-0.2, -0.15) is 10.2 Å². The van der Waals surface area contributed by atoms with Gasteiger partial charge < -0.3 is 0 Å². The molecule has 0 amide bonds. The fraction of sp³-hybridized carbons (Fsp3) is 0.300. The van der Waals surface area contributed by atoms with E-state index in [1.165, 1.54) is 0 Å². The van der Waals surface area contributed by atoms with Crippen molar-refractivity contribution in [2.75, 3.05) is 0 Å². The molecule has 78 valence electrons. The van der Waals surface area contributed by atoms with Crippen molar-refractivity contribution in [3.8, 4) is 0 Å². The summed E-state index contributed by atoms with van der Waals surface area (Å²) in [4.78, 5) is 11.7. The Balaban J connectivity index is 2.10. The highest BCUT2D eigenvalue weighted by molar-refractivity contribution is 5.95. The van der Waals surface area contributed by atoms with Gasteiger partial charge in [0, 0.05) is 26.5 Å². The van der Waals surface area contributed by atoms with Gasteiger partial charge in [0.05, 0.1) is 12.1 Å². The molecule has 0 bridgehead atoms. The fourth-order valence-electron chi connectivity index (χ4n) is 1.38. The van der Waals surface area contributed by atoms with E-state index in [0.29, 0.717) is 12.1 Å². The minimum atomic E-state index is -0.00528. The van der Waals surface area contributed by atoms with Gasteiger partial charge in [-0.1, -0.05) is 0 Å². The largest absolute Gasteiger partial charge is 0.292 e. The number of hydrogen-bond donors (Lipinski definition) is 0. The lowest BCUT2D eigenvalue weighted by molar-refractivity contribution is 0.0986. The van der Waals surface area contributed by atoms with Crippen molar-refractivity contribution in [3.63, 3.8) is 0 Å². The third-order valence-electron chi connectivity index (χ3n) is 2.11. The normalized spacial score (nSPS) is 10.5. The van der Waals surface area contributed by atoms with E-state index < -0.39 is 0 Å². The lowest BCUT2D eigenvalue weighted by Crippen LogP contribution is -2.06. The first-order valence-corrected chi connectivity index (χ1v) is 4.66. The summed E-state index contributed by atoms with van der Waals surface area (Å²) in [6, 6.07) is 3.55. The van der Waals surface area contributed by atoms with E-state index in [9.17, 15) is 4.79 Å². The monoisotopic (exact) mass is 204 g/mol. The van der Waals surface area contributed by atoms with E-state index in [1.54, 1.807) is 28.7 Å². The summed E-state index contributed by atoms with van der Waals surface area (Å²) in [7, 11) is 3.62. The smallest absolute Gasteiger partial charge is 0.189 e. The van der Waals surface area contributed by atoms with E-state index in [0.717, 1.165) is 5.69 Å². The molecule has 2 aromatic rings. The van der Waals surface area contributed by atoms with Crippen molar-refractivity contribution in [2.45, 2.75) is 6.42 Å². The molecule has 2 rings (SSSR count). The van der Waals surface area contributed by atoms with Gasteiger partial charge in [0.2, 0.25) is 0 Å². The summed E-state index contributed by atoms with van der Waals surface area (Å²) in [5.41, 5.74) is 1.26. The molecule has 0 fully saturated rings. The van der Waals surface area contributed by atoms with Gasteiger partial charge in [0.1, 0.15) is 5.69 Å². The summed E-state index contributed by atoms with van der Waals surface area (Å²) >= 11 is 0. The SMILES string of the molecule is Cn1ccc(CC(=O)c2ccn(C)n2)n1. The first kappa shape index (κ1) is 9.64. The molecule has 2 heterocycles. The van der Waals surface area contributed by atoms with Crippen LogP contribution in [0.3, 0.4) is 0 Å². The van der Waals surface area contributed by atoms with Crippen LogP contribution in [0.15, 0.2) is 24.5 Å². The van der Waals surface area contributed by atoms with E-state index in [-0.39, 0.29) is 5.78 Å². The zero-order valence-corrected chi connectivity index (χ0v) is 8.71. The lowest BCUT2D eigenvalue weighted by atomic mass is 10.2. The summed E-state index contributed by atoms with van der Waals surface area (Å²) in [6.07, 6.45) is 3.88. The number of Topliss-reactive ketones (excluding diaryl/α,β-unsaturated/α-hetero) is 1. The van der Waals surface area contributed by atoms with Gasteiger partial charge in [-0.25, -0.2) is 0 Å².